The molecule has 1 saturated carbocycles. The van der Waals surface area contributed by atoms with Crippen LogP contribution < -0.4 is 0 Å². The second-order valence-corrected chi connectivity index (χ2v) is 5.69. The van der Waals surface area contributed by atoms with E-state index in [0.717, 1.165) is 11.3 Å². The van der Waals surface area contributed by atoms with Gasteiger partial charge in [0.25, 0.3) is 5.91 Å². The Balaban J connectivity index is 1.73. The van der Waals surface area contributed by atoms with Crippen LogP contribution in [0.3, 0.4) is 0 Å². The Morgan fingerprint density at radius 3 is 2.82 bits per heavy atom. The van der Waals surface area contributed by atoms with Crippen molar-refractivity contribution in [3.05, 3.63) is 53.3 Å². The van der Waals surface area contributed by atoms with Crippen molar-refractivity contribution in [2.75, 3.05) is 20.3 Å². The fraction of sp³-hybridized carbons (Fsp3) is 0.412. The van der Waals surface area contributed by atoms with E-state index in [2.05, 4.69) is 10.2 Å². The van der Waals surface area contributed by atoms with Gasteiger partial charge >= 0.3 is 0 Å². The molecule has 0 radical (unpaired) electrons. The highest BCUT2D eigenvalue weighted by atomic mass is 16.5. The number of carbonyl (C=O) groups is 1. The zero-order valence-corrected chi connectivity index (χ0v) is 12.8. The number of carbonyl (C=O) groups excluding carboxylic acids is 1. The molecule has 0 atom stereocenters. The van der Waals surface area contributed by atoms with E-state index >= 15 is 0 Å². The highest BCUT2D eigenvalue weighted by Gasteiger charge is 2.27. The number of nitrogens with zero attached hydrogens (tertiary/aromatic N) is 2. The van der Waals surface area contributed by atoms with Gasteiger partial charge < -0.3 is 9.64 Å². The molecule has 116 valence electrons. The van der Waals surface area contributed by atoms with Crippen molar-refractivity contribution in [2.24, 2.45) is 0 Å². The minimum atomic E-state index is -0.0518. The zero-order valence-electron chi connectivity index (χ0n) is 12.8. The average molecular weight is 299 g/mol. The van der Waals surface area contributed by atoms with Gasteiger partial charge in [0.15, 0.2) is 0 Å². The zero-order chi connectivity index (χ0) is 15.4. The first-order valence-corrected chi connectivity index (χ1v) is 7.65. The Morgan fingerprint density at radius 2 is 2.14 bits per heavy atom. The van der Waals surface area contributed by atoms with Crippen molar-refractivity contribution < 1.29 is 9.53 Å². The number of hydrogen-bond acceptors (Lipinski definition) is 3. The van der Waals surface area contributed by atoms with Crippen LogP contribution in [0.1, 0.15) is 40.5 Å². The summed E-state index contributed by atoms with van der Waals surface area (Å²) in [4.78, 5) is 14.5. The Hall–Kier alpha value is -2.14. The maximum atomic E-state index is 12.7. The lowest BCUT2D eigenvalue weighted by Crippen LogP contribution is -2.33. The first-order chi connectivity index (χ1) is 10.8. The normalized spacial score (nSPS) is 14.0. The van der Waals surface area contributed by atoms with Gasteiger partial charge in [-0.2, -0.15) is 5.10 Å². The van der Waals surface area contributed by atoms with Crippen LogP contribution in [0.25, 0.3) is 0 Å². The van der Waals surface area contributed by atoms with Gasteiger partial charge in [0.05, 0.1) is 6.61 Å². The summed E-state index contributed by atoms with van der Waals surface area (Å²) < 4.78 is 5.13. The number of aromatic amines is 1. The Morgan fingerprint density at radius 1 is 1.36 bits per heavy atom. The third-order valence-corrected chi connectivity index (χ3v) is 3.90. The van der Waals surface area contributed by atoms with E-state index in [1.165, 1.54) is 12.8 Å². The Labute approximate surface area is 130 Å². The second kappa shape index (κ2) is 6.75. The van der Waals surface area contributed by atoms with Crippen LogP contribution in [0.4, 0.5) is 0 Å². The first-order valence-electron chi connectivity index (χ1n) is 7.65. The van der Waals surface area contributed by atoms with Crippen LogP contribution in [-0.2, 0) is 11.3 Å². The van der Waals surface area contributed by atoms with Crippen molar-refractivity contribution >= 4 is 5.91 Å². The monoisotopic (exact) mass is 299 g/mol. The molecule has 1 heterocycles. The summed E-state index contributed by atoms with van der Waals surface area (Å²) in [5, 5.41) is 7.19. The van der Waals surface area contributed by atoms with Crippen LogP contribution in [0.15, 0.2) is 36.4 Å². The molecule has 1 N–H and O–H groups in total. The van der Waals surface area contributed by atoms with Gasteiger partial charge in [-0.25, -0.2) is 0 Å². The van der Waals surface area contributed by atoms with Gasteiger partial charge in [0, 0.05) is 31.8 Å². The molecular weight excluding hydrogens is 278 g/mol. The van der Waals surface area contributed by atoms with Crippen molar-refractivity contribution in [1.82, 2.24) is 15.1 Å². The predicted molar refractivity (Wildman–Crippen MR) is 83.6 cm³/mol. The molecule has 1 aromatic heterocycles. The molecule has 0 saturated heterocycles. The smallest absolute Gasteiger partial charge is 0.274 e. The minimum absolute atomic E-state index is 0.0518. The number of benzene rings is 1. The SMILES string of the molecule is COCCN(Cc1ccccc1)C(=O)c1cc(C2CC2)[nH]n1. The lowest BCUT2D eigenvalue weighted by atomic mass is 10.2. The highest BCUT2D eigenvalue weighted by Crippen LogP contribution is 2.39. The maximum absolute atomic E-state index is 12.7. The number of amides is 1. The van der Waals surface area contributed by atoms with Gasteiger partial charge in [0.1, 0.15) is 5.69 Å². The number of methoxy groups -OCH3 is 1. The summed E-state index contributed by atoms with van der Waals surface area (Å²) in [5.41, 5.74) is 2.67. The van der Waals surface area contributed by atoms with E-state index in [-0.39, 0.29) is 5.91 Å². The van der Waals surface area contributed by atoms with Gasteiger partial charge in [-0.05, 0) is 24.5 Å². The molecule has 0 unspecified atom stereocenters. The molecule has 0 bridgehead atoms. The number of rotatable bonds is 7. The molecule has 0 aliphatic heterocycles. The molecule has 22 heavy (non-hydrogen) atoms. The van der Waals surface area contributed by atoms with Crippen LogP contribution in [-0.4, -0.2) is 41.3 Å². The molecule has 0 spiro atoms. The Bertz CT molecular complexity index is 620. The van der Waals surface area contributed by atoms with E-state index in [0.29, 0.717) is 31.3 Å². The van der Waals surface area contributed by atoms with E-state index in [9.17, 15) is 4.79 Å². The molecule has 2 aromatic rings. The predicted octanol–water partition coefficient (Wildman–Crippen LogP) is 2.58. The number of hydrogen-bond donors (Lipinski definition) is 1. The maximum Gasteiger partial charge on any atom is 0.274 e. The molecule has 1 aromatic carbocycles. The lowest BCUT2D eigenvalue weighted by Gasteiger charge is -2.21. The second-order valence-electron chi connectivity index (χ2n) is 5.69. The summed E-state index contributed by atoms with van der Waals surface area (Å²) in [7, 11) is 1.64. The summed E-state index contributed by atoms with van der Waals surface area (Å²) in [5.74, 6) is 0.514. The van der Waals surface area contributed by atoms with Crippen LogP contribution in [0, 0.1) is 0 Å². The Kier molecular flexibility index (Phi) is 4.53. The molecule has 1 amide bonds. The van der Waals surface area contributed by atoms with Crippen LogP contribution in [0.5, 0.6) is 0 Å². The highest BCUT2D eigenvalue weighted by molar-refractivity contribution is 5.92. The van der Waals surface area contributed by atoms with Crippen molar-refractivity contribution in [3.8, 4) is 0 Å². The van der Waals surface area contributed by atoms with E-state index in [4.69, 9.17) is 4.74 Å². The van der Waals surface area contributed by atoms with E-state index in [1.54, 1.807) is 12.0 Å². The standard InChI is InChI=1S/C17H21N3O2/c1-22-10-9-20(12-13-5-3-2-4-6-13)17(21)16-11-15(18-19-16)14-7-8-14/h2-6,11,14H,7-10,12H2,1H3,(H,18,19). The average Bonchev–Trinajstić information content (AvgIpc) is 3.29. The van der Waals surface area contributed by atoms with Crippen LogP contribution >= 0.6 is 0 Å². The lowest BCUT2D eigenvalue weighted by molar-refractivity contribution is 0.0674. The number of nitrogens with one attached hydrogen (secondary N) is 1. The van der Waals surface area contributed by atoms with E-state index < -0.39 is 0 Å². The largest absolute Gasteiger partial charge is 0.383 e. The summed E-state index contributed by atoms with van der Waals surface area (Å²) in [6.45, 7) is 1.63. The van der Waals surface area contributed by atoms with Gasteiger partial charge in [-0.1, -0.05) is 30.3 Å². The van der Waals surface area contributed by atoms with Crippen molar-refractivity contribution in [3.63, 3.8) is 0 Å². The topological polar surface area (TPSA) is 58.2 Å². The van der Waals surface area contributed by atoms with Crippen LogP contribution in [0.2, 0.25) is 0 Å². The molecule has 5 heteroatoms. The van der Waals surface area contributed by atoms with Crippen molar-refractivity contribution in [2.45, 2.75) is 25.3 Å². The minimum Gasteiger partial charge on any atom is -0.383 e. The molecule has 5 nitrogen and oxygen atoms in total. The number of ether oxygens (including phenoxy) is 1. The first kappa shape index (κ1) is 14.8. The molecule has 1 aliphatic rings. The molecule has 1 aliphatic carbocycles. The number of H-pyrrole nitrogens is 1. The van der Waals surface area contributed by atoms with Gasteiger partial charge in [-0.3, -0.25) is 9.89 Å². The third kappa shape index (κ3) is 3.54. The summed E-state index contributed by atoms with van der Waals surface area (Å²) >= 11 is 0. The van der Waals surface area contributed by atoms with Crippen molar-refractivity contribution in [1.29, 1.82) is 0 Å². The van der Waals surface area contributed by atoms with E-state index in [1.807, 2.05) is 36.4 Å². The molecule has 3 rings (SSSR count). The fourth-order valence-corrected chi connectivity index (χ4v) is 2.47. The van der Waals surface area contributed by atoms with Gasteiger partial charge in [-0.15, -0.1) is 0 Å². The summed E-state index contributed by atoms with van der Waals surface area (Å²) in [6.07, 6.45) is 2.38. The number of aromatic nitrogens is 2. The summed E-state index contributed by atoms with van der Waals surface area (Å²) in [6, 6.07) is 11.9. The fourth-order valence-electron chi connectivity index (χ4n) is 2.47. The molecule has 1 fully saturated rings. The quantitative estimate of drug-likeness (QED) is 0.855. The third-order valence-electron chi connectivity index (χ3n) is 3.90. The molecular formula is C17H21N3O2. The van der Waals surface area contributed by atoms with Gasteiger partial charge in [0.2, 0.25) is 0 Å².